The summed E-state index contributed by atoms with van der Waals surface area (Å²) in [4.78, 5) is 13.2. The van der Waals surface area contributed by atoms with Gasteiger partial charge in [-0.25, -0.2) is 4.99 Å². The Kier molecular flexibility index (Phi) is 5.04. The molecule has 0 aliphatic heterocycles. The van der Waals surface area contributed by atoms with Gasteiger partial charge >= 0.3 is 0 Å². The van der Waals surface area contributed by atoms with Crippen molar-refractivity contribution in [2.45, 2.75) is 6.92 Å². The molecule has 0 bridgehead atoms. The average molecular weight is 315 g/mol. The normalized spacial score (nSPS) is 12.0. The number of hydrogen-bond donors (Lipinski definition) is 1. The van der Waals surface area contributed by atoms with Crippen LogP contribution in [0.1, 0.15) is 18.3 Å². The highest BCUT2D eigenvalue weighted by Gasteiger charge is 2.05. The summed E-state index contributed by atoms with van der Waals surface area (Å²) >= 11 is 0. The Bertz CT molecular complexity index is 827. The van der Waals surface area contributed by atoms with E-state index >= 15 is 0 Å². The van der Waals surface area contributed by atoms with Crippen LogP contribution in [0.25, 0.3) is 0 Å². The summed E-state index contributed by atoms with van der Waals surface area (Å²) in [7, 11) is 0. The van der Waals surface area contributed by atoms with E-state index in [4.69, 9.17) is 0 Å². The Balaban J connectivity index is 1.90. The minimum atomic E-state index is 0.581. The zero-order chi connectivity index (χ0) is 16.6. The van der Waals surface area contributed by atoms with E-state index < -0.39 is 0 Å². The number of aliphatic imine (C=N–C) groups is 1. The van der Waals surface area contributed by atoms with Crippen LogP contribution in [0.5, 0.6) is 0 Å². The lowest BCUT2D eigenvalue weighted by atomic mass is 10.3. The van der Waals surface area contributed by atoms with Crippen LogP contribution in [-0.4, -0.2) is 21.5 Å². The number of nitrogens with one attached hydrogen (secondary N) is 1. The van der Waals surface area contributed by atoms with Crippen LogP contribution in [0.2, 0.25) is 0 Å². The smallest absolute Gasteiger partial charge is 0.172 e. The van der Waals surface area contributed by atoms with Crippen molar-refractivity contribution >= 4 is 17.2 Å². The van der Waals surface area contributed by atoms with Crippen LogP contribution in [-0.2, 0) is 0 Å². The summed E-state index contributed by atoms with van der Waals surface area (Å²) < 4.78 is 0. The van der Waals surface area contributed by atoms with Gasteiger partial charge in [0.05, 0.1) is 17.1 Å². The third kappa shape index (κ3) is 4.10. The van der Waals surface area contributed by atoms with E-state index in [1.54, 1.807) is 12.4 Å². The molecule has 3 aromatic rings. The molecule has 2 aromatic heterocycles. The predicted octanol–water partition coefficient (Wildman–Crippen LogP) is 3.57. The third-order valence-corrected chi connectivity index (χ3v) is 3.27. The van der Waals surface area contributed by atoms with Crippen molar-refractivity contribution in [2.24, 2.45) is 10.1 Å². The summed E-state index contributed by atoms with van der Waals surface area (Å²) in [5.41, 5.74) is 6.15. The lowest BCUT2D eigenvalue weighted by Crippen LogP contribution is -2.21. The standard InChI is InChI=1S/C19H17N5/c1-15(17-11-5-7-13-20-17)23-24-19(18-12-6-8-14-21-18)22-16-9-3-2-4-10-16/h2-14H,1H3,(H,22,24)/b23-15-. The number of hydrazone groups is 1. The zero-order valence-corrected chi connectivity index (χ0v) is 13.3. The fourth-order valence-corrected chi connectivity index (χ4v) is 2.04. The minimum Gasteiger partial charge on any atom is -0.259 e. The van der Waals surface area contributed by atoms with Crippen LogP contribution in [0, 0.1) is 0 Å². The highest BCUT2D eigenvalue weighted by atomic mass is 15.3. The Morgan fingerprint density at radius 3 is 2.04 bits per heavy atom. The SMILES string of the molecule is C/C(=N/NC(=Nc1ccccc1)c1ccccn1)c1ccccn1. The fraction of sp³-hybridized carbons (Fsp3) is 0.0526. The molecule has 0 aliphatic rings. The predicted molar refractivity (Wildman–Crippen MR) is 96.5 cm³/mol. The van der Waals surface area contributed by atoms with Crippen LogP contribution < -0.4 is 5.43 Å². The van der Waals surface area contributed by atoms with Crippen molar-refractivity contribution in [3.63, 3.8) is 0 Å². The van der Waals surface area contributed by atoms with Gasteiger partial charge in [-0.1, -0.05) is 30.3 Å². The second kappa shape index (κ2) is 7.78. The molecule has 0 fully saturated rings. The molecular formula is C19H17N5. The maximum atomic E-state index is 4.61. The first kappa shape index (κ1) is 15.6. The van der Waals surface area contributed by atoms with Crippen molar-refractivity contribution in [1.82, 2.24) is 15.4 Å². The first-order chi connectivity index (χ1) is 11.8. The molecule has 0 amide bonds. The molecule has 1 N–H and O–H groups in total. The monoisotopic (exact) mass is 315 g/mol. The highest BCUT2D eigenvalue weighted by molar-refractivity contribution is 6.01. The number of para-hydroxylation sites is 1. The second-order valence-electron chi connectivity index (χ2n) is 5.03. The molecule has 24 heavy (non-hydrogen) atoms. The van der Waals surface area contributed by atoms with Gasteiger partial charge in [-0.15, -0.1) is 0 Å². The molecule has 0 saturated carbocycles. The number of hydrogen-bond acceptors (Lipinski definition) is 4. The largest absolute Gasteiger partial charge is 0.259 e. The van der Waals surface area contributed by atoms with Crippen LogP contribution in [0.3, 0.4) is 0 Å². The van der Waals surface area contributed by atoms with Crippen molar-refractivity contribution in [1.29, 1.82) is 0 Å². The molecule has 5 heteroatoms. The number of nitrogens with zero attached hydrogens (tertiary/aromatic N) is 4. The Morgan fingerprint density at radius 1 is 0.792 bits per heavy atom. The van der Waals surface area contributed by atoms with Gasteiger partial charge in [-0.2, -0.15) is 5.10 Å². The summed E-state index contributed by atoms with van der Waals surface area (Å²) in [6, 6.07) is 21.1. The summed E-state index contributed by atoms with van der Waals surface area (Å²) in [6.45, 7) is 1.90. The number of aromatic nitrogens is 2. The molecule has 5 nitrogen and oxygen atoms in total. The fourth-order valence-electron chi connectivity index (χ4n) is 2.04. The first-order valence-electron chi connectivity index (χ1n) is 7.60. The topological polar surface area (TPSA) is 62.5 Å². The number of rotatable bonds is 4. The molecule has 0 unspecified atom stereocenters. The van der Waals surface area contributed by atoms with Crippen molar-refractivity contribution < 1.29 is 0 Å². The maximum absolute atomic E-state index is 4.61. The van der Waals surface area contributed by atoms with Crippen LogP contribution in [0.4, 0.5) is 5.69 Å². The van der Waals surface area contributed by atoms with Gasteiger partial charge in [0.25, 0.3) is 0 Å². The van der Waals surface area contributed by atoms with Crippen molar-refractivity contribution in [2.75, 3.05) is 0 Å². The van der Waals surface area contributed by atoms with Gasteiger partial charge in [0.2, 0.25) is 0 Å². The quantitative estimate of drug-likeness (QED) is 0.455. The molecule has 1 aromatic carbocycles. The van der Waals surface area contributed by atoms with Crippen molar-refractivity contribution in [3.05, 3.63) is 90.5 Å². The van der Waals surface area contributed by atoms with Gasteiger partial charge in [-0.05, 0) is 43.3 Å². The molecule has 118 valence electrons. The molecule has 0 atom stereocenters. The summed E-state index contributed by atoms with van der Waals surface area (Å²) in [5, 5.41) is 4.40. The van der Waals surface area contributed by atoms with Gasteiger partial charge in [0.1, 0.15) is 5.69 Å². The molecule has 0 aliphatic carbocycles. The van der Waals surface area contributed by atoms with Crippen LogP contribution >= 0.6 is 0 Å². The van der Waals surface area contributed by atoms with Crippen LogP contribution in [0.15, 0.2) is 89.2 Å². The number of amidine groups is 1. The lowest BCUT2D eigenvalue weighted by Gasteiger charge is -2.07. The first-order valence-corrected chi connectivity index (χ1v) is 7.60. The van der Waals surface area contributed by atoms with E-state index in [2.05, 4.69) is 25.5 Å². The average Bonchev–Trinajstić information content (AvgIpc) is 2.67. The minimum absolute atomic E-state index is 0.581. The van der Waals surface area contributed by atoms with E-state index in [0.29, 0.717) is 5.84 Å². The Labute approximate surface area is 140 Å². The highest BCUT2D eigenvalue weighted by Crippen LogP contribution is 2.11. The number of pyridine rings is 2. The van der Waals surface area contributed by atoms with E-state index in [-0.39, 0.29) is 0 Å². The van der Waals surface area contributed by atoms with E-state index in [1.807, 2.05) is 73.7 Å². The molecule has 3 rings (SSSR count). The van der Waals surface area contributed by atoms with Crippen molar-refractivity contribution in [3.8, 4) is 0 Å². The molecule has 0 spiro atoms. The summed E-state index contributed by atoms with van der Waals surface area (Å²) in [6.07, 6.45) is 3.47. The molecular weight excluding hydrogens is 298 g/mol. The molecule has 0 saturated heterocycles. The van der Waals surface area contributed by atoms with Gasteiger partial charge < -0.3 is 0 Å². The summed E-state index contributed by atoms with van der Waals surface area (Å²) in [5.74, 6) is 0.581. The maximum Gasteiger partial charge on any atom is 0.172 e. The van der Waals surface area contributed by atoms with E-state index in [1.165, 1.54) is 0 Å². The molecule has 0 radical (unpaired) electrons. The van der Waals surface area contributed by atoms with Gasteiger partial charge in [0.15, 0.2) is 5.84 Å². The zero-order valence-electron chi connectivity index (χ0n) is 13.3. The van der Waals surface area contributed by atoms with E-state index in [0.717, 1.165) is 22.8 Å². The number of benzene rings is 1. The third-order valence-electron chi connectivity index (χ3n) is 3.27. The Hall–Kier alpha value is -3.34. The van der Waals surface area contributed by atoms with Gasteiger partial charge in [0, 0.05) is 12.4 Å². The lowest BCUT2D eigenvalue weighted by molar-refractivity contribution is 1.00. The second-order valence-corrected chi connectivity index (χ2v) is 5.03. The Morgan fingerprint density at radius 2 is 1.42 bits per heavy atom. The van der Waals surface area contributed by atoms with E-state index in [9.17, 15) is 0 Å². The van der Waals surface area contributed by atoms with Gasteiger partial charge in [-0.3, -0.25) is 15.4 Å². The molecule has 2 heterocycles.